The van der Waals surface area contributed by atoms with E-state index >= 15 is 0 Å². The summed E-state index contributed by atoms with van der Waals surface area (Å²) in [5.74, 6) is 0. The average Bonchev–Trinajstić information content (AvgIpc) is 2.93. The van der Waals surface area contributed by atoms with E-state index in [1.54, 1.807) is 0 Å². The van der Waals surface area contributed by atoms with Gasteiger partial charge in [0.15, 0.2) is 0 Å². The lowest BCUT2D eigenvalue weighted by Crippen LogP contribution is -2.15. The molecular formula is C18H24S4. The minimum Gasteiger partial charge on any atom is -0.169 e. The van der Waals surface area contributed by atoms with Crippen LogP contribution in [-0.2, 0) is 0 Å². The minimum atomic E-state index is -0.0414. The van der Waals surface area contributed by atoms with Crippen molar-refractivity contribution in [2.45, 2.75) is 63.9 Å². The molecule has 2 aliphatic rings. The van der Waals surface area contributed by atoms with Gasteiger partial charge in [-0.1, -0.05) is 52.1 Å². The molecule has 2 atom stereocenters. The van der Waals surface area contributed by atoms with Crippen LogP contribution in [0.4, 0.5) is 0 Å². The van der Waals surface area contributed by atoms with Gasteiger partial charge in [-0.2, -0.15) is 25.3 Å². The van der Waals surface area contributed by atoms with Crippen LogP contribution in [0.5, 0.6) is 0 Å². The van der Waals surface area contributed by atoms with E-state index in [0.29, 0.717) is 0 Å². The Morgan fingerprint density at radius 2 is 0.955 bits per heavy atom. The summed E-state index contributed by atoms with van der Waals surface area (Å²) in [6.45, 7) is 8.95. The zero-order valence-electron chi connectivity index (χ0n) is 13.7. The Balaban J connectivity index is 2.79. The summed E-state index contributed by atoms with van der Waals surface area (Å²) in [5.41, 5.74) is 8.32. The van der Waals surface area contributed by atoms with Crippen LogP contribution >= 0.6 is 49.7 Å². The summed E-state index contributed by atoms with van der Waals surface area (Å²) in [7, 11) is 0. The summed E-state index contributed by atoms with van der Waals surface area (Å²) in [6.07, 6.45) is 4.19. The summed E-state index contributed by atoms with van der Waals surface area (Å²) >= 11 is 20.6. The summed E-state index contributed by atoms with van der Waals surface area (Å²) in [5, 5.41) is -0.0828. The van der Waals surface area contributed by atoms with Crippen LogP contribution in [0.1, 0.15) is 53.4 Å². The van der Waals surface area contributed by atoms with Crippen LogP contribution in [0, 0.1) is 0 Å². The molecule has 4 heteroatoms. The second kappa shape index (κ2) is 7.33. The van der Waals surface area contributed by atoms with Crippen molar-refractivity contribution in [2.24, 2.45) is 0 Å². The molecule has 0 N–H and O–H groups in total. The van der Waals surface area contributed by atoms with Crippen LogP contribution in [-0.4, -0.2) is 20.2 Å². The van der Waals surface area contributed by atoms with E-state index in [1.807, 2.05) is 0 Å². The molecule has 0 aromatic heterocycles. The van der Waals surface area contributed by atoms with E-state index in [-0.39, 0.29) is 10.5 Å². The highest BCUT2D eigenvalue weighted by atomic mass is 32.1. The molecule has 2 rings (SSSR count). The van der Waals surface area contributed by atoms with Crippen molar-refractivity contribution in [2.75, 3.05) is 0 Å². The normalized spacial score (nSPS) is 26.1. The number of hydrogen-bond acceptors (Lipinski definition) is 4. The highest BCUT2D eigenvalue weighted by Crippen LogP contribution is 2.47. The van der Waals surface area contributed by atoms with Gasteiger partial charge in [0.25, 0.3) is 0 Å². The Kier molecular flexibility index (Phi) is 6.14. The smallest absolute Gasteiger partial charge is 0.0541 e. The molecule has 0 saturated heterocycles. The lowest BCUT2D eigenvalue weighted by atomic mass is 9.92. The number of rotatable bonds is 4. The third kappa shape index (κ3) is 2.70. The first kappa shape index (κ1) is 18.4. The molecule has 1 saturated carbocycles. The maximum atomic E-state index is 5.69. The van der Waals surface area contributed by atoms with E-state index in [2.05, 4.69) is 53.0 Å². The van der Waals surface area contributed by atoms with Crippen molar-refractivity contribution in [1.29, 1.82) is 0 Å². The van der Waals surface area contributed by atoms with Crippen molar-refractivity contribution in [3.8, 4) is 0 Å². The highest BCUT2D eigenvalue weighted by Gasteiger charge is 2.40. The third-order valence-corrected chi connectivity index (χ3v) is 7.30. The zero-order valence-corrected chi connectivity index (χ0v) is 17.1. The van der Waals surface area contributed by atoms with Crippen molar-refractivity contribution in [3.63, 3.8) is 0 Å². The van der Waals surface area contributed by atoms with Gasteiger partial charge < -0.3 is 0 Å². The molecule has 2 unspecified atom stereocenters. The number of thiocarbonyl (C=S) groups is 2. The molecule has 2 aliphatic carbocycles. The predicted molar refractivity (Wildman–Crippen MR) is 113 cm³/mol. The molecule has 0 amide bonds. The molecule has 0 aromatic rings. The summed E-state index contributed by atoms with van der Waals surface area (Å²) in [6, 6.07) is 0. The SMILES string of the molecule is CCC1=C(CC)C(=C2C(=S)C(S)C(S)C2=S)C(CC)=C1CC. The maximum absolute atomic E-state index is 5.69. The predicted octanol–water partition coefficient (Wildman–Crippen LogP) is 5.88. The van der Waals surface area contributed by atoms with Crippen molar-refractivity contribution >= 4 is 59.4 Å². The van der Waals surface area contributed by atoms with E-state index in [0.717, 1.165) is 41.0 Å². The van der Waals surface area contributed by atoms with Gasteiger partial charge in [0.05, 0.1) is 10.5 Å². The zero-order chi connectivity index (χ0) is 16.6. The Hall–Kier alpha value is 0.1000. The van der Waals surface area contributed by atoms with E-state index in [1.165, 1.54) is 27.9 Å². The van der Waals surface area contributed by atoms with Gasteiger partial charge in [-0.15, -0.1) is 0 Å². The molecular weight excluding hydrogens is 344 g/mol. The monoisotopic (exact) mass is 368 g/mol. The summed E-state index contributed by atoms with van der Waals surface area (Å²) < 4.78 is 0. The third-order valence-electron chi connectivity index (χ3n) is 4.69. The van der Waals surface area contributed by atoms with Crippen molar-refractivity contribution in [3.05, 3.63) is 33.4 Å². The first-order valence-electron chi connectivity index (χ1n) is 8.08. The maximum Gasteiger partial charge on any atom is 0.0541 e. The van der Waals surface area contributed by atoms with E-state index in [4.69, 9.17) is 24.4 Å². The number of hydrogen-bond donors (Lipinski definition) is 2. The van der Waals surface area contributed by atoms with Gasteiger partial charge in [0.2, 0.25) is 0 Å². The van der Waals surface area contributed by atoms with Gasteiger partial charge >= 0.3 is 0 Å². The second-order valence-corrected chi connectivity index (χ2v) is 7.69. The van der Waals surface area contributed by atoms with Gasteiger partial charge in [-0.25, -0.2) is 0 Å². The fourth-order valence-corrected chi connectivity index (χ4v) is 5.25. The van der Waals surface area contributed by atoms with Gasteiger partial charge in [0.1, 0.15) is 0 Å². The second-order valence-electron chi connectivity index (χ2n) is 5.70. The van der Waals surface area contributed by atoms with Crippen molar-refractivity contribution in [1.82, 2.24) is 0 Å². The fraction of sp³-hybridized carbons (Fsp3) is 0.556. The fourth-order valence-electron chi connectivity index (χ4n) is 3.73. The highest BCUT2D eigenvalue weighted by molar-refractivity contribution is 7.92. The van der Waals surface area contributed by atoms with Crippen LogP contribution in [0.3, 0.4) is 0 Å². The van der Waals surface area contributed by atoms with Crippen LogP contribution in [0.2, 0.25) is 0 Å². The van der Waals surface area contributed by atoms with Crippen molar-refractivity contribution < 1.29 is 0 Å². The molecule has 120 valence electrons. The Labute approximate surface area is 156 Å². The molecule has 22 heavy (non-hydrogen) atoms. The first-order valence-corrected chi connectivity index (χ1v) is 9.93. The Bertz CT molecular complexity index is 567. The number of thiol groups is 2. The van der Waals surface area contributed by atoms with E-state index < -0.39 is 0 Å². The minimum absolute atomic E-state index is 0.0414. The summed E-state index contributed by atoms with van der Waals surface area (Å²) in [4.78, 5) is 1.76. The van der Waals surface area contributed by atoms with Gasteiger partial charge in [-0.3, -0.25) is 0 Å². The van der Waals surface area contributed by atoms with E-state index in [9.17, 15) is 0 Å². The van der Waals surface area contributed by atoms with Crippen LogP contribution < -0.4 is 0 Å². The lowest BCUT2D eigenvalue weighted by molar-refractivity contribution is 0.985. The molecule has 0 heterocycles. The largest absolute Gasteiger partial charge is 0.169 e. The molecule has 0 bridgehead atoms. The molecule has 1 fully saturated rings. The Morgan fingerprint density at radius 3 is 1.23 bits per heavy atom. The lowest BCUT2D eigenvalue weighted by Gasteiger charge is -2.14. The topological polar surface area (TPSA) is 0 Å². The van der Waals surface area contributed by atoms with Crippen LogP contribution in [0.25, 0.3) is 0 Å². The Morgan fingerprint density at radius 1 is 0.636 bits per heavy atom. The molecule has 0 radical (unpaired) electrons. The first-order chi connectivity index (χ1) is 10.4. The van der Waals surface area contributed by atoms with Crippen LogP contribution in [0.15, 0.2) is 33.4 Å². The standard InChI is InChI=1S/C18H24S4/c1-5-9-10(6-2)12(8-4)13(11(9)7-3)14-15(19)17(21)18(22)16(14)20/h17-18,21-22H,5-8H2,1-4H3. The molecule has 0 nitrogen and oxygen atoms in total. The quantitative estimate of drug-likeness (QED) is 0.361. The molecule has 0 aliphatic heterocycles. The van der Waals surface area contributed by atoms with Gasteiger partial charge in [0, 0.05) is 15.3 Å². The average molecular weight is 369 g/mol. The molecule has 0 aromatic carbocycles. The van der Waals surface area contributed by atoms with Gasteiger partial charge in [-0.05, 0) is 53.5 Å². The number of allylic oxidation sites excluding steroid dienone is 6. The molecule has 0 spiro atoms.